The van der Waals surface area contributed by atoms with Crippen LogP contribution in [0, 0.1) is 13.8 Å². The van der Waals surface area contributed by atoms with Crippen LogP contribution < -0.4 is 0 Å². The number of carbonyl (C=O) groups is 1. The summed E-state index contributed by atoms with van der Waals surface area (Å²) in [5, 5.41) is 1.89. The van der Waals surface area contributed by atoms with Crippen LogP contribution in [0.4, 0.5) is 0 Å². The van der Waals surface area contributed by atoms with Crippen molar-refractivity contribution in [3.63, 3.8) is 0 Å². The summed E-state index contributed by atoms with van der Waals surface area (Å²) < 4.78 is 0. The molecule has 0 aliphatic heterocycles. The Hall–Kier alpha value is -1.41. The smallest absolute Gasteiger partial charge is 0.150 e. The molecule has 2 rings (SSSR count). The second-order valence-electron chi connectivity index (χ2n) is 3.74. The van der Waals surface area contributed by atoms with E-state index in [-0.39, 0.29) is 0 Å². The van der Waals surface area contributed by atoms with Crippen LogP contribution >= 0.6 is 11.3 Å². The Morgan fingerprint density at radius 1 is 1.07 bits per heavy atom. The van der Waals surface area contributed by atoms with Crippen molar-refractivity contribution in [1.82, 2.24) is 0 Å². The van der Waals surface area contributed by atoms with E-state index in [1.807, 2.05) is 11.4 Å². The van der Waals surface area contributed by atoms with Crippen LogP contribution in [0.25, 0.3) is 10.4 Å². The van der Waals surface area contributed by atoms with Crippen molar-refractivity contribution in [2.45, 2.75) is 13.8 Å². The highest BCUT2D eigenvalue weighted by Gasteiger charge is 2.03. The first-order chi connectivity index (χ1) is 7.19. The minimum absolute atomic E-state index is 0.758. The highest BCUT2D eigenvalue weighted by Crippen LogP contribution is 2.28. The number of aryl methyl sites for hydroxylation is 2. The van der Waals surface area contributed by atoms with Crippen molar-refractivity contribution in [3.8, 4) is 10.4 Å². The molecule has 0 fully saturated rings. The average molecular weight is 216 g/mol. The van der Waals surface area contributed by atoms with Crippen molar-refractivity contribution < 1.29 is 4.79 Å². The minimum atomic E-state index is 0.758. The fraction of sp³-hybridized carbons (Fsp3) is 0.154. The van der Waals surface area contributed by atoms with E-state index in [4.69, 9.17) is 0 Å². The first kappa shape index (κ1) is 10.1. The number of benzene rings is 1. The van der Waals surface area contributed by atoms with Crippen LogP contribution in [0.5, 0.6) is 0 Å². The molecule has 1 nitrogen and oxygen atoms in total. The Balaban J connectivity index is 2.48. The van der Waals surface area contributed by atoms with Crippen molar-refractivity contribution in [2.24, 2.45) is 0 Å². The Bertz CT molecular complexity index is 477. The molecule has 0 bridgehead atoms. The third-order valence-electron chi connectivity index (χ3n) is 2.26. The van der Waals surface area contributed by atoms with Crippen molar-refractivity contribution in [1.29, 1.82) is 0 Å². The van der Waals surface area contributed by atoms with Crippen molar-refractivity contribution in [2.75, 3.05) is 0 Å². The summed E-state index contributed by atoms with van der Waals surface area (Å²) in [6.45, 7) is 4.18. The lowest BCUT2D eigenvalue weighted by Gasteiger charge is -2.01. The summed E-state index contributed by atoms with van der Waals surface area (Å²) in [6, 6.07) is 8.38. The second kappa shape index (κ2) is 3.99. The van der Waals surface area contributed by atoms with E-state index in [1.165, 1.54) is 16.7 Å². The molecule has 15 heavy (non-hydrogen) atoms. The Morgan fingerprint density at radius 2 is 1.73 bits per heavy atom. The van der Waals surface area contributed by atoms with Gasteiger partial charge in [-0.05, 0) is 25.5 Å². The fourth-order valence-electron chi connectivity index (χ4n) is 1.68. The van der Waals surface area contributed by atoms with E-state index < -0.39 is 0 Å². The number of rotatable bonds is 2. The summed E-state index contributed by atoms with van der Waals surface area (Å²) in [4.78, 5) is 11.7. The third kappa shape index (κ3) is 2.16. The van der Waals surface area contributed by atoms with Gasteiger partial charge in [-0.3, -0.25) is 4.79 Å². The zero-order valence-electron chi connectivity index (χ0n) is 8.78. The van der Waals surface area contributed by atoms with Gasteiger partial charge in [0.15, 0.2) is 6.29 Å². The normalized spacial score (nSPS) is 10.3. The summed E-state index contributed by atoms with van der Waals surface area (Å²) >= 11 is 1.61. The molecule has 2 heteroatoms. The molecule has 1 heterocycles. The van der Waals surface area contributed by atoms with Gasteiger partial charge in [0.1, 0.15) is 0 Å². The Labute approximate surface area is 93.4 Å². The summed E-state index contributed by atoms with van der Waals surface area (Å²) in [5.41, 5.74) is 4.47. The van der Waals surface area contributed by atoms with Crippen LogP contribution in [0.2, 0.25) is 0 Å². The van der Waals surface area contributed by atoms with E-state index in [0.717, 1.165) is 16.7 Å². The molecule has 1 aromatic carbocycles. The maximum absolute atomic E-state index is 10.6. The molecule has 0 aliphatic rings. The average Bonchev–Trinajstić information content (AvgIpc) is 2.64. The van der Waals surface area contributed by atoms with Gasteiger partial charge in [-0.25, -0.2) is 0 Å². The number of hydrogen-bond donors (Lipinski definition) is 0. The van der Waals surface area contributed by atoms with Gasteiger partial charge in [0, 0.05) is 15.8 Å². The summed E-state index contributed by atoms with van der Waals surface area (Å²) in [7, 11) is 0. The Morgan fingerprint density at radius 3 is 2.27 bits per heavy atom. The molecule has 0 unspecified atom stereocenters. The lowest BCUT2D eigenvalue weighted by atomic mass is 10.1. The fourth-order valence-corrected chi connectivity index (χ4v) is 2.53. The van der Waals surface area contributed by atoms with Gasteiger partial charge in [-0.1, -0.05) is 29.3 Å². The van der Waals surface area contributed by atoms with Crippen LogP contribution in [0.1, 0.15) is 21.5 Å². The van der Waals surface area contributed by atoms with Crippen LogP contribution in [-0.2, 0) is 0 Å². The largest absolute Gasteiger partial charge is 0.298 e. The molecule has 0 spiro atoms. The number of aldehydes is 1. The zero-order valence-corrected chi connectivity index (χ0v) is 9.60. The molecule has 0 atom stereocenters. The molecular formula is C13H12OS. The minimum Gasteiger partial charge on any atom is -0.298 e. The van der Waals surface area contributed by atoms with Gasteiger partial charge in [-0.15, -0.1) is 11.3 Å². The molecule has 0 saturated carbocycles. The van der Waals surface area contributed by atoms with Crippen molar-refractivity contribution >= 4 is 17.6 Å². The first-order valence-electron chi connectivity index (χ1n) is 4.81. The lowest BCUT2D eigenvalue weighted by molar-refractivity contribution is 0.112. The molecule has 0 saturated heterocycles. The maximum Gasteiger partial charge on any atom is 0.150 e. The quantitative estimate of drug-likeness (QED) is 0.697. The lowest BCUT2D eigenvalue weighted by Crippen LogP contribution is -1.80. The molecule has 76 valence electrons. The Kier molecular flexibility index (Phi) is 2.69. The monoisotopic (exact) mass is 216 g/mol. The van der Waals surface area contributed by atoms with Crippen molar-refractivity contribution in [3.05, 3.63) is 46.3 Å². The topological polar surface area (TPSA) is 17.1 Å². The zero-order chi connectivity index (χ0) is 10.8. The molecule has 2 aromatic rings. The van der Waals surface area contributed by atoms with Gasteiger partial charge < -0.3 is 0 Å². The summed E-state index contributed by atoms with van der Waals surface area (Å²) in [6.07, 6.45) is 0.892. The standard InChI is InChI=1S/C13H12OS/c1-9-3-10(2)5-12(4-9)13-6-11(7-14)8-15-13/h3-8H,1-2H3. The molecule has 0 amide bonds. The van der Waals surface area contributed by atoms with Crippen LogP contribution in [0.15, 0.2) is 29.6 Å². The highest BCUT2D eigenvalue weighted by atomic mass is 32.1. The molecule has 1 aromatic heterocycles. The van der Waals surface area contributed by atoms with Crippen LogP contribution in [0.3, 0.4) is 0 Å². The van der Waals surface area contributed by atoms with E-state index in [2.05, 4.69) is 32.0 Å². The maximum atomic E-state index is 10.6. The van der Waals surface area contributed by atoms with E-state index in [0.29, 0.717) is 0 Å². The molecule has 0 N–H and O–H groups in total. The van der Waals surface area contributed by atoms with Gasteiger partial charge in [0.05, 0.1) is 0 Å². The first-order valence-corrected chi connectivity index (χ1v) is 5.69. The molecule has 0 radical (unpaired) electrons. The third-order valence-corrected chi connectivity index (χ3v) is 3.26. The molecule has 0 aliphatic carbocycles. The number of thiophene rings is 1. The number of hydrogen-bond acceptors (Lipinski definition) is 2. The molecular weight excluding hydrogens is 204 g/mol. The van der Waals surface area contributed by atoms with Gasteiger partial charge in [0.25, 0.3) is 0 Å². The highest BCUT2D eigenvalue weighted by molar-refractivity contribution is 7.13. The van der Waals surface area contributed by atoms with E-state index >= 15 is 0 Å². The van der Waals surface area contributed by atoms with Gasteiger partial charge in [0.2, 0.25) is 0 Å². The van der Waals surface area contributed by atoms with E-state index in [1.54, 1.807) is 11.3 Å². The van der Waals surface area contributed by atoms with Crippen LogP contribution in [-0.4, -0.2) is 6.29 Å². The summed E-state index contributed by atoms with van der Waals surface area (Å²) in [5.74, 6) is 0. The predicted octanol–water partition coefficient (Wildman–Crippen LogP) is 3.84. The predicted molar refractivity (Wildman–Crippen MR) is 64.6 cm³/mol. The van der Waals surface area contributed by atoms with Gasteiger partial charge >= 0.3 is 0 Å². The van der Waals surface area contributed by atoms with Gasteiger partial charge in [-0.2, -0.15) is 0 Å². The SMILES string of the molecule is Cc1cc(C)cc(-c2cc(C=O)cs2)c1. The second-order valence-corrected chi connectivity index (χ2v) is 4.65. The number of carbonyl (C=O) groups excluding carboxylic acids is 1. The van der Waals surface area contributed by atoms with E-state index in [9.17, 15) is 4.79 Å².